The van der Waals surface area contributed by atoms with Crippen LogP contribution in [0.3, 0.4) is 0 Å². The van der Waals surface area contributed by atoms with Gasteiger partial charge in [-0.2, -0.15) is 0 Å². The number of hydrogen-bond acceptors (Lipinski definition) is 5. The standard InChI is InChI=1S/C19H23NO4/c1-10-7-8-11(2)14(9-10)17-15(18(21)23-5)12(3)20-13(4)16(17)19(22)24-6/h7-9,17,20H,1-6H3. The van der Waals surface area contributed by atoms with Crippen LogP contribution < -0.4 is 5.32 Å². The molecule has 2 rings (SSSR count). The molecule has 0 atom stereocenters. The average Bonchev–Trinajstić information content (AvgIpc) is 2.55. The summed E-state index contributed by atoms with van der Waals surface area (Å²) in [6.45, 7) is 7.56. The van der Waals surface area contributed by atoms with Crippen molar-refractivity contribution in [1.29, 1.82) is 0 Å². The fourth-order valence-electron chi connectivity index (χ4n) is 3.14. The van der Waals surface area contributed by atoms with Gasteiger partial charge in [0.1, 0.15) is 0 Å². The van der Waals surface area contributed by atoms with Crippen LogP contribution in [0.25, 0.3) is 0 Å². The van der Waals surface area contributed by atoms with Gasteiger partial charge in [-0.15, -0.1) is 0 Å². The molecule has 0 bridgehead atoms. The molecule has 5 heteroatoms. The number of methoxy groups -OCH3 is 2. The molecular formula is C19H23NO4. The van der Waals surface area contributed by atoms with E-state index in [2.05, 4.69) is 5.32 Å². The Morgan fingerprint density at radius 3 is 1.88 bits per heavy atom. The van der Waals surface area contributed by atoms with E-state index in [0.717, 1.165) is 16.7 Å². The second-order valence-electron chi connectivity index (χ2n) is 5.98. The van der Waals surface area contributed by atoms with Gasteiger partial charge < -0.3 is 14.8 Å². The number of esters is 2. The summed E-state index contributed by atoms with van der Waals surface area (Å²) in [4.78, 5) is 24.9. The molecule has 0 unspecified atom stereocenters. The van der Waals surface area contributed by atoms with E-state index >= 15 is 0 Å². The highest BCUT2D eigenvalue weighted by atomic mass is 16.5. The maximum absolute atomic E-state index is 12.4. The first-order valence-electron chi connectivity index (χ1n) is 7.74. The number of ether oxygens (including phenoxy) is 2. The third-order valence-electron chi connectivity index (χ3n) is 4.32. The summed E-state index contributed by atoms with van der Waals surface area (Å²) in [5.74, 6) is -1.44. The smallest absolute Gasteiger partial charge is 0.336 e. The number of benzene rings is 1. The van der Waals surface area contributed by atoms with Gasteiger partial charge in [0.25, 0.3) is 0 Å². The van der Waals surface area contributed by atoms with Gasteiger partial charge in [0.2, 0.25) is 0 Å². The predicted molar refractivity (Wildman–Crippen MR) is 91.2 cm³/mol. The highest BCUT2D eigenvalue weighted by Gasteiger charge is 2.38. The van der Waals surface area contributed by atoms with Crippen LogP contribution in [0, 0.1) is 13.8 Å². The second kappa shape index (κ2) is 6.91. The molecule has 0 amide bonds. The van der Waals surface area contributed by atoms with Crippen LogP contribution >= 0.6 is 0 Å². The van der Waals surface area contributed by atoms with E-state index in [0.29, 0.717) is 22.5 Å². The number of dihydropyridines is 1. The Bertz CT molecular complexity index is 721. The molecule has 0 spiro atoms. The molecule has 0 fully saturated rings. The summed E-state index contributed by atoms with van der Waals surface area (Å²) in [5, 5.41) is 3.10. The van der Waals surface area contributed by atoms with E-state index in [1.54, 1.807) is 0 Å². The molecule has 5 nitrogen and oxygen atoms in total. The largest absolute Gasteiger partial charge is 0.466 e. The minimum atomic E-state index is -0.522. The highest BCUT2D eigenvalue weighted by Crippen LogP contribution is 2.40. The number of rotatable bonds is 3. The zero-order chi connectivity index (χ0) is 18.0. The van der Waals surface area contributed by atoms with Gasteiger partial charge in [-0.05, 0) is 38.8 Å². The zero-order valence-corrected chi connectivity index (χ0v) is 14.9. The normalized spacial score (nSPS) is 15.2. The van der Waals surface area contributed by atoms with E-state index in [1.807, 2.05) is 45.9 Å². The molecule has 1 aliphatic rings. The van der Waals surface area contributed by atoms with Crippen molar-refractivity contribution in [3.8, 4) is 0 Å². The Kier molecular flexibility index (Phi) is 5.12. The van der Waals surface area contributed by atoms with E-state index < -0.39 is 17.9 Å². The van der Waals surface area contributed by atoms with Crippen LogP contribution in [-0.4, -0.2) is 26.2 Å². The third-order valence-corrected chi connectivity index (χ3v) is 4.32. The Morgan fingerprint density at radius 2 is 1.42 bits per heavy atom. The number of nitrogens with one attached hydrogen (secondary N) is 1. The maximum atomic E-state index is 12.4. The molecule has 1 heterocycles. The predicted octanol–water partition coefficient (Wildman–Crippen LogP) is 2.88. The maximum Gasteiger partial charge on any atom is 0.336 e. The molecule has 0 saturated carbocycles. The first kappa shape index (κ1) is 17.8. The summed E-state index contributed by atoms with van der Waals surface area (Å²) in [7, 11) is 2.68. The molecule has 1 N–H and O–H groups in total. The van der Waals surface area contributed by atoms with Crippen LogP contribution in [0.15, 0.2) is 40.7 Å². The van der Waals surface area contributed by atoms with Crippen molar-refractivity contribution in [2.24, 2.45) is 0 Å². The Labute approximate surface area is 142 Å². The van der Waals surface area contributed by atoms with Crippen LogP contribution in [0.1, 0.15) is 36.5 Å². The number of aryl methyl sites for hydroxylation is 2. The lowest BCUT2D eigenvalue weighted by atomic mass is 9.78. The SMILES string of the molecule is COC(=O)C1=C(C)NC(C)=C(C(=O)OC)C1c1cc(C)ccc1C. The fourth-order valence-corrected chi connectivity index (χ4v) is 3.14. The zero-order valence-electron chi connectivity index (χ0n) is 14.9. The van der Waals surface area contributed by atoms with E-state index in [1.165, 1.54) is 14.2 Å². The molecular weight excluding hydrogens is 306 g/mol. The van der Waals surface area contributed by atoms with Gasteiger partial charge in [0.05, 0.1) is 31.3 Å². The monoisotopic (exact) mass is 329 g/mol. The van der Waals surface area contributed by atoms with Gasteiger partial charge in [0, 0.05) is 11.4 Å². The van der Waals surface area contributed by atoms with E-state index in [9.17, 15) is 9.59 Å². The number of carbonyl (C=O) groups is 2. The fraction of sp³-hybridized carbons (Fsp3) is 0.368. The first-order valence-corrected chi connectivity index (χ1v) is 7.74. The van der Waals surface area contributed by atoms with Crippen molar-refractivity contribution in [1.82, 2.24) is 5.32 Å². The van der Waals surface area contributed by atoms with Crippen LogP contribution in [0.5, 0.6) is 0 Å². The summed E-state index contributed by atoms with van der Waals surface area (Å²) in [6.07, 6.45) is 0. The molecule has 1 aromatic rings. The Morgan fingerprint density at radius 1 is 0.917 bits per heavy atom. The Balaban J connectivity index is 2.77. The van der Waals surface area contributed by atoms with Gasteiger partial charge in [0.15, 0.2) is 0 Å². The van der Waals surface area contributed by atoms with Crippen molar-refractivity contribution in [2.75, 3.05) is 14.2 Å². The highest BCUT2D eigenvalue weighted by molar-refractivity contribution is 5.99. The van der Waals surface area contributed by atoms with E-state index in [4.69, 9.17) is 9.47 Å². The lowest BCUT2D eigenvalue weighted by Gasteiger charge is -2.31. The topological polar surface area (TPSA) is 64.6 Å². The minimum Gasteiger partial charge on any atom is -0.466 e. The van der Waals surface area contributed by atoms with Crippen LogP contribution in [-0.2, 0) is 19.1 Å². The molecule has 0 aromatic heterocycles. The summed E-state index contributed by atoms with van der Waals surface area (Å²) >= 11 is 0. The van der Waals surface area contributed by atoms with Crippen molar-refractivity contribution in [3.63, 3.8) is 0 Å². The van der Waals surface area contributed by atoms with E-state index in [-0.39, 0.29) is 0 Å². The molecule has 0 radical (unpaired) electrons. The van der Waals surface area contributed by atoms with Gasteiger partial charge >= 0.3 is 11.9 Å². The molecule has 0 saturated heterocycles. The quantitative estimate of drug-likeness (QED) is 0.864. The Hall–Kier alpha value is -2.56. The summed E-state index contributed by atoms with van der Waals surface area (Å²) < 4.78 is 9.93. The second-order valence-corrected chi connectivity index (χ2v) is 5.98. The van der Waals surface area contributed by atoms with Crippen molar-refractivity contribution in [2.45, 2.75) is 33.6 Å². The first-order chi connectivity index (χ1) is 11.3. The third kappa shape index (κ3) is 3.07. The average molecular weight is 329 g/mol. The molecule has 128 valence electrons. The van der Waals surface area contributed by atoms with Crippen LogP contribution in [0.4, 0.5) is 0 Å². The number of allylic oxidation sites excluding steroid dienone is 2. The van der Waals surface area contributed by atoms with Crippen LogP contribution in [0.2, 0.25) is 0 Å². The minimum absolute atomic E-state index is 0.428. The molecule has 1 aromatic carbocycles. The molecule has 0 aliphatic carbocycles. The molecule has 24 heavy (non-hydrogen) atoms. The van der Waals surface area contributed by atoms with Gasteiger partial charge in [-0.1, -0.05) is 23.8 Å². The van der Waals surface area contributed by atoms with Gasteiger partial charge in [-0.25, -0.2) is 9.59 Å². The van der Waals surface area contributed by atoms with Gasteiger partial charge in [-0.3, -0.25) is 0 Å². The molecule has 1 aliphatic heterocycles. The van der Waals surface area contributed by atoms with Crippen molar-refractivity contribution < 1.29 is 19.1 Å². The lowest BCUT2D eigenvalue weighted by Crippen LogP contribution is -2.32. The summed E-state index contributed by atoms with van der Waals surface area (Å²) in [6, 6.07) is 5.99. The van der Waals surface area contributed by atoms with Crippen molar-refractivity contribution in [3.05, 3.63) is 57.4 Å². The number of hydrogen-bond donors (Lipinski definition) is 1. The van der Waals surface area contributed by atoms with Crippen molar-refractivity contribution >= 4 is 11.9 Å². The summed E-state index contributed by atoms with van der Waals surface area (Å²) in [5.41, 5.74) is 5.16. The number of carbonyl (C=O) groups excluding carboxylic acids is 2. The lowest BCUT2D eigenvalue weighted by molar-refractivity contribution is -0.137.